The Hall–Kier alpha value is -2.69. The Morgan fingerprint density at radius 3 is 2.48 bits per heavy atom. The Morgan fingerprint density at radius 2 is 1.86 bits per heavy atom. The van der Waals surface area contributed by atoms with Crippen molar-refractivity contribution in [2.45, 2.75) is 19.4 Å². The van der Waals surface area contributed by atoms with E-state index in [1.807, 2.05) is 31.2 Å². The smallest absolute Gasteiger partial charge is 0.272 e. The number of benzene rings is 2. The number of nitro groups is 1. The van der Waals surface area contributed by atoms with E-state index in [2.05, 4.69) is 5.32 Å². The van der Waals surface area contributed by atoms with Crippen molar-refractivity contribution in [2.24, 2.45) is 0 Å². The number of carbonyl (C=O) groups excluding carboxylic acids is 1. The molecule has 108 valence electrons. The molecule has 2 rings (SSSR count). The Kier molecular flexibility index (Phi) is 4.66. The van der Waals surface area contributed by atoms with E-state index in [1.54, 1.807) is 18.2 Å². The van der Waals surface area contributed by atoms with E-state index in [0.29, 0.717) is 18.4 Å². The predicted molar refractivity (Wildman–Crippen MR) is 79.9 cm³/mol. The molecule has 0 aliphatic carbocycles. The fraction of sp³-hybridized carbons (Fsp3) is 0.188. The van der Waals surface area contributed by atoms with Gasteiger partial charge in [-0.2, -0.15) is 0 Å². The van der Waals surface area contributed by atoms with Gasteiger partial charge in [0.1, 0.15) is 0 Å². The van der Waals surface area contributed by atoms with E-state index in [-0.39, 0.29) is 11.7 Å². The van der Waals surface area contributed by atoms with E-state index in [4.69, 9.17) is 0 Å². The zero-order chi connectivity index (χ0) is 15.2. The quantitative estimate of drug-likeness (QED) is 0.503. The second-order valence-electron chi connectivity index (χ2n) is 4.84. The molecule has 21 heavy (non-hydrogen) atoms. The van der Waals surface area contributed by atoms with Gasteiger partial charge in [-0.1, -0.05) is 48.0 Å². The normalized spacial score (nSPS) is 11.7. The maximum absolute atomic E-state index is 11.1. The molecule has 1 unspecified atom stereocenters. The summed E-state index contributed by atoms with van der Waals surface area (Å²) in [6, 6.07) is 14.0. The molecule has 0 aliphatic rings. The van der Waals surface area contributed by atoms with Crippen molar-refractivity contribution < 1.29 is 9.72 Å². The first-order valence-corrected chi connectivity index (χ1v) is 6.60. The van der Waals surface area contributed by atoms with Crippen molar-refractivity contribution in [3.05, 3.63) is 75.3 Å². The molecule has 1 N–H and O–H groups in total. The van der Waals surface area contributed by atoms with Gasteiger partial charge in [-0.25, -0.2) is 0 Å². The number of rotatable bonds is 6. The molecule has 1 amide bonds. The third-order valence-electron chi connectivity index (χ3n) is 3.36. The number of para-hydroxylation sites is 1. The summed E-state index contributed by atoms with van der Waals surface area (Å²) >= 11 is 0. The lowest BCUT2D eigenvalue weighted by molar-refractivity contribution is -0.385. The molecule has 0 aliphatic heterocycles. The highest BCUT2D eigenvalue weighted by Gasteiger charge is 2.18. The van der Waals surface area contributed by atoms with E-state index >= 15 is 0 Å². The third kappa shape index (κ3) is 3.66. The van der Waals surface area contributed by atoms with Crippen molar-refractivity contribution in [2.75, 3.05) is 0 Å². The summed E-state index contributed by atoms with van der Waals surface area (Å²) in [6.07, 6.45) is 0.998. The minimum Gasteiger partial charge on any atom is -0.352 e. The highest BCUT2D eigenvalue weighted by atomic mass is 16.6. The molecular formula is C16H16N2O3. The van der Waals surface area contributed by atoms with E-state index in [9.17, 15) is 14.9 Å². The Labute approximate surface area is 122 Å². The largest absolute Gasteiger partial charge is 0.352 e. The summed E-state index contributed by atoms with van der Waals surface area (Å²) in [6.45, 7) is 1.98. The third-order valence-corrected chi connectivity index (χ3v) is 3.36. The van der Waals surface area contributed by atoms with E-state index in [0.717, 1.165) is 11.1 Å². The van der Waals surface area contributed by atoms with Crippen molar-refractivity contribution in [1.29, 1.82) is 0 Å². The molecule has 0 radical (unpaired) electrons. The monoisotopic (exact) mass is 284 g/mol. The number of nitro benzene ring substituents is 1. The first kappa shape index (κ1) is 14.7. The molecule has 1 atom stereocenters. The molecule has 0 spiro atoms. The van der Waals surface area contributed by atoms with Crippen molar-refractivity contribution in [3.8, 4) is 0 Å². The van der Waals surface area contributed by atoms with Crippen LogP contribution in [-0.4, -0.2) is 11.3 Å². The Balaban J connectivity index is 2.30. The molecule has 5 heteroatoms. The number of hydrogen-bond acceptors (Lipinski definition) is 3. The number of nitrogens with zero attached hydrogens (tertiary/aromatic N) is 1. The molecular weight excluding hydrogens is 268 g/mol. The Morgan fingerprint density at radius 1 is 1.19 bits per heavy atom. The average molecular weight is 284 g/mol. The molecule has 5 nitrogen and oxygen atoms in total. The minimum absolute atomic E-state index is 0.0716. The molecule has 0 saturated heterocycles. The topological polar surface area (TPSA) is 72.2 Å². The molecule has 2 aromatic carbocycles. The van der Waals surface area contributed by atoms with Crippen molar-refractivity contribution in [1.82, 2.24) is 5.32 Å². The van der Waals surface area contributed by atoms with Crippen LogP contribution in [0.15, 0.2) is 48.5 Å². The molecule has 0 fully saturated rings. The zero-order valence-corrected chi connectivity index (χ0v) is 11.7. The average Bonchev–Trinajstić information content (AvgIpc) is 2.48. The maximum atomic E-state index is 11.1. The van der Waals surface area contributed by atoms with Crippen molar-refractivity contribution >= 4 is 12.1 Å². The fourth-order valence-corrected chi connectivity index (χ4v) is 2.24. The zero-order valence-electron chi connectivity index (χ0n) is 11.7. The van der Waals surface area contributed by atoms with E-state index in [1.165, 1.54) is 6.07 Å². The van der Waals surface area contributed by atoms with Gasteiger partial charge in [-0.15, -0.1) is 0 Å². The molecule has 2 aromatic rings. The molecule has 0 saturated carbocycles. The van der Waals surface area contributed by atoms with Gasteiger partial charge >= 0.3 is 0 Å². The van der Waals surface area contributed by atoms with Crippen LogP contribution in [0.2, 0.25) is 0 Å². The number of nitrogens with one attached hydrogen (secondary N) is 1. The number of hydrogen-bond donors (Lipinski definition) is 1. The van der Waals surface area contributed by atoms with Crippen LogP contribution in [0.25, 0.3) is 0 Å². The van der Waals surface area contributed by atoms with Gasteiger partial charge in [0, 0.05) is 18.1 Å². The van der Waals surface area contributed by atoms with Crippen molar-refractivity contribution in [3.63, 3.8) is 0 Å². The summed E-state index contributed by atoms with van der Waals surface area (Å²) in [5.74, 6) is 0. The molecule has 0 aromatic heterocycles. The lowest BCUT2D eigenvalue weighted by atomic mass is 9.97. The maximum Gasteiger partial charge on any atom is 0.272 e. The second kappa shape index (κ2) is 6.65. The van der Waals surface area contributed by atoms with Gasteiger partial charge in [0.25, 0.3) is 5.69 Å². The van der Waals surface area contributed by atoms with Crippen LogP contribution in [-0.2, 0) is 11.2 Å². The van der Waals surface area contributed by atoms with Crippen LogP contribution >= 0.6 is 0 Å². The SMILES string of the molecule is Cc1ccc(C(Cc2ccccc2[N+](=O)[O-])NC=O)cc1. The van der Waals surface area contributed by atoms with Crippen LogP contribution in [0.3, 0.4) is 0 Å². The van der Waals surface area contributed by atoms with Crippen LogP contribution in [0.4, 0.5) is 5.69 Å². The molecule has 0 heterocycles. The van der Waals surface area contributed by atoms with Gasteiger partial charge in [0.15, 0.2) is 0 Å². The number of aryl methyl sites for hydroxylation is 1. The fourth-order valence-electron chi connectivity index (χ4n) is 2.24. The highest BCUT2D eigenvalue weighted by Crippen LogP contribution is 2.25. The van der Waals surface area contributed by atoms with Gasteiger partial charge in [0.05, 0.1) is 11.0 Å². The highest BCUT2D eigenvalue weighted by molar-refractivity contribution is 5.49. The second-order valence-corrected chi connectivity index (χ2v) is 4.84. The summed E-state index contributed by atoms with van der Waals surface area (Å²) in [5, 5.41) is 13.8. The van der Waals surface area contributed by atoms with Gasteiger partial charge in [-0.3, -0.25) is 14.9 Å². The predicted octanol–water partition coefficient (Wildman–Crippen LogP) is 2.93. The summed E-state index contributed by atoms with van der Waals surface area (Å²) in [4.78, 5) is 21.5. The van der Waals surface area contributed by atoms with Crippen LogP contribution in [0.1, 0.15) is 22.7 Å². The minimum atomic E-state index is -0.400. The van der Waals surface area contributed by atoms with Gasteiger partial charge in [-0.05, 0) is 12.5 Å². The standard InChI is InChI=1S/C16H16N2O3/c1-12-6-8-13(9-7-12)15(17-11-19)10-14-4-2-3-5-16(14)18(20)21/h2-9,11,15H,10H2,1H3,(H,17,19). The van der Waals surface area contributed by atoms with Crippen LogP contribution in [0, 0.1) is 17.0 Å². The molecule has 0 bridgehead atoms. The summed E-state index contributed by atoms with van der Waals surface area (Å²) < 4.78 is 0. The summed E-state index contributed by atoms with van der Waals surface area (Å²) in [5.41, 5.74) is 2.71. The van der Waals surface area contributed by atoms with Gasteiger partial charge < -0.3 is 5.32 Å². The first-order valence-electron chi connectivity index (χ1n) is 6.60. The Bertz CT molecular complexity index is 638. The lowest BCUT2D eigenvalue weighted by Gasteiger charge is -2.17. The lowest BCUT2D eigenvalue weighted by Crippen LogP contribution is -2.22. The summed E-state index contributed by atoms with van der Waals surface area (Å²) in [7, 11) is 0. The first-order chi connectivity index (χ1) is 10.1. The number of carbonyl (C=O) groups is 1. The van der Waals surface area contributed by atoms with E-state index < -0.39 is 4.92 Å². The van der Waals surface area contributed by atoms with Crippen LogP contribution in [0.5, 0.6) is 0 Å². The van der Waals surface area contributed by atoms with Crippen LogP contribution < -0.4 is 5.32 Å². The number of amides is 1. The van der Waals surface area contributed by atoms with Gasteiger partial charge in [0.2, 0.25) is 6.41 Å².